The summed E-state index contributed by atoms with van der Waals surface area (Å²) in [4.78, 5) is 14.0. The van der Waals surface area contributed by atoms with Crippen LogP contribution in [0, 0.1) is 17.7 Å². The molecule has 0 aromatic heterocycles. The van der Waals surface area contributed by atoms with Gasteiger partial charge < -0.3 is 15.7 Å². The second-order valence-electron chi connectivity index (χ2n) is 4.16. The van der Waals surface area contributed by atoms with Crippen LogP contribution >= 0.6 is 0 Å². The van der Waals surface area contributed by atoms with Gasteiger partial charge in [-0.15, -0.1) is 0 Å². The number of aliphatic hydroxyl groups excluding tert-OH is 1. The van der Waals surface area contributed by atoms with Gasteiger partial charge in [0.2, 0.25) is 0 Å². The van der Waals surface area contributed by atoms with E-state index in [0.717, 1.165) is 0 Å². The molecule has 1 amide bonds. The third kappa shape index (κ3) is 4.34. The normalized spacial score (nSPS) is 9.80. The zero-order valence-corrected chi connectivity index (χ0v) is 11.5. The van der Waals surface area contributed by atoms with E-state index in [4.69, 9.17) is 10.8 Å². The van der Waals surface area contributed by atoms with Gasteiger partial charge in [0, 0.05) is 25.3 Å². The molecule has 0 aliphatic rings. The third-order valence-corrected chi connectivity index (χ3v) is 2.79. The summed E-state index contributed by atoms with van der Waals surface area (Å²) < 4.78 is 13.4. The first-order valence-electron chi connectivity index (χ1n) is 6.52. The average molecular weight is 278 g/mol. The molecule has 0 aliphatic heterocycles. The molecule has 0 bridgehead atoms. The van der Waals surface area contributed by atoms with Gasteiger partial charge in [-0.05, 0) is 31.5 Å². The Hall–Kier alpha value is -1.90. The van der Waals surface area contributed by atoms with Gasteiger partial charge in [0.25, 0.3) is 5.91 Å². The number of hydrogen-bond donors (Lipinski definition) is 2. The molecule has 4 nitrogen and oxygen atoms in total. The first-order valence-corrected chi connectivity index (χ1v) is 6.52. The summed E-state index contributed by atoms with van der Waals surface area (Å²) in [5, 5.41) is 8.84. The van der Waals surface area contributed by atoms with E-state index >= 15 is 0 Å². The lowest BCUT2D eigenvalue weighted by Gasteiger charge is -2.21. The van der Waals surface area contributed by atoms with Crippen molar-refractivity contribution in [2.75, 3.05) is 26.2 Å². The van der Waals surface area contributed by atoms with E-state index in [1.54, 1.807) is 4.90 Å². The van der Waals surface area contributed by atoms with Crippen LogP contribution in [-0.2, 0) is 0 Å². The summed E-state index contributed by atoms with van der Waals surface area (Å²) >= 11 is 0. The molecule has 0 heterocycles. The largest absolute Gasteiger partial charge is 0.396 e. The first-order chi connectivity index (χ1) is 9.63. The zero-order chi connectivity index (χ0) is 15.0. The lowest BCUT2D eigenvalue weighted by molar-refractivity contribution is 0.0753. The summed E-state index contributed by atoms with van der Waals surface area (Å²) in [6.45, 7) is 2.92. The molecule has 1 aromatic rings. The van der Waals surface area contributed by atoms with Gasteiger partial charge in [-0.1, -0.05) is 11.8 Å². The molecular formula is C15H19FN2O2. The Balaban J connectivity index is 3.08. The van der Waals surface area contributed by atoms with Gasteiger partial charge in [0.05, 0.1) is 12.1 Å². The van der Waals surface area contributed by atoms with Crippen molar-refractivity contribution in [3.63, 3.8) is 0 Å². The Labute approximate surface area is 118 Å². The van der Waals surface area contributed by atoms with Gasteiger partial charge in [0.1, 0.15) is 5.82 Å². The molecule has 0 fully saturated rings. The maximum Gasteiger partial charge on any atom is 0.255 e. The smallest absolute Gasteiger partial charge is 0.255 e. The predicted octanol–water partition coefficient (Wildman–Crippen LogP) is 0.980. The molecular weight excluding hydrogens is 259 g/mol. The third-order valence-electron chi connectivity index (χ3n) is 2.79. The predicted molar refractivity (Wildman–Crippen MR) is 75.6 cm³/mol. The molecule has 20 heavy (non-hydrogen) atoms. The second kappa shape index (κ2) is 8.31. The van der Waals surface area contributed by atoms with Crippen molar-refractivity contribution >= 4 is 5.91 Å². The Morgan fingerprint density at radius 1 is 1.50 bits per heavy atom. The summed E-state index contributed by atoms with van der Waals surface area (Å²) in [6.07, 6.45) is 0.485. The Morgan fingerprint density at radius 3 is 2.85 bits per heavy atom. The molecule has 0 saturated carbocycles. The molecule has 108 valence electrons. The first kappa shape index (κ1) is 16.2. The van der Waals surface area contributed by atoms with E-state index in [0.29, 0.717) is 25.1 Å². The quantitative estimate of drug-likeness (QED) is 0.789. The fraction of sp³-hybridized carbons (Fsp3) is 0.400. The van der Waals surface area contributed by atoms with Crippen molar-refractivity contribution in [1.82, 2.24) is 4.90 Å². The second-order valence-corrected chi connectivity index (χ2v) is 4.16. The highest BCUT2D eigenvalue weighted by Gasteiger charge is 2.17. The maximum atomic E-state index is 13.4. The van der Waals surface area contributed by atoms with Gasteiger partial charge in [-0.2, -0.15) is 0 Å². The van der Waals surface area contributed by atoms with E-state index < -0.39 is 5.82 Å². The molecule has 3 N–H and O–H groups in total. The number of nitrogens with zero attached hydrogens (tertiary/aromatic N) is 1. The summed E-state index contributed by atoms with van der Waals surface area (Å²) in [5.41, 5.74) is 6.00. The van der Waals surface area contributed by atoms with Crippen molar-refractivity contribution < 1.29 is 14.3 Å². The van der Waals surface area contributed by atoms with Crippen molar-refractivity contribution in [2.24, 2.45) is 5.73 Å². The molecule has 0 aliphatic carbocycles. The lowest BCUT2D eigenvalue weighted by Crippen LogP contribution is -2.32. The lowest BCUT2D eigenvalue weighted by atomic mass is 10.1. The van der Waals surface area contributed by atoms with Crippen LogP contribution in [0.3, 0.4) is 0 Å². The van der Waals surface area contributed by atoms with Crippen LogP contribution in [0.1, 0.15) is 29.3 Å². The standard InChI is InChI=1S/C15H19FN2O2/c1-2-18(9-4-10-19)15(20)14-11-13(16)7-6-12(14)5-3-8-17/h6-7,11,19H,2,4,8-10,17H2,1H3. The van der Waals surface area contributed by atoms with Crippen LogP contribution in [0.2, 0.25) is 0 Å². The van der Waals surface area contributed by atoms with Crippen LogP contribution in [0.5, 0.6) is 0 Å². The van der Waals surface area contributed by atoms with E-state index in [1.165, 1.54) is 18.2 Å². The van der Waals surface area contributed by atoms with E-state index in [1.807, 2.05) is 6.92 Å². The average Bonchev–Trinajstić information content (AvgIpc) is 2.46. The number of aliphatic hydroxyl groups is 1. The maximum absolute atomic E-state index is 13.4. The topological polar surface area (TPSA) is 66.6 Å². The van der Waals surface area contributed by atoms with Gasteiger partial charge in [-0.25, -0.2) is 4.39 Å². The molecule has 0 unspecified atom stereocenters. The van der Waals surface area contributed by atoms with Gasteiger partial charge in [0.15, 0.2) is 0 Å². The summed E-state index contributed by atoms with van der Waals surface area (Å²) in [7, 11) is 0. The fourth-order valence-electron chi connectivity index (χ4n) is 1.78. The molecule has 0 radical (unpaired) electrons. The van der Waals surface area contributed by atoms with Crippen LogP contribution in [0.15, 0.2) is 18.2 Å². The molecule has 0 atom stereocenters. The SMILES string of the molecule is CCN(CCCO)C(=O)c1cc(F)ccc1C#CCN. The van der Waals surface area contributed by atoms with E-state index in [9.17, 15) is 9.18 Å². The number of nitrogens with two attached hydrogens (primary N) is 1. The Kier molecular flexibility index (Phi) is 6.71. The van der Waals surface area contributed by atoms with E-state index in [2.05, 4.69) is 11.8 Å². The number of amides is 1. The monoisotopic (exact) mass is 278 g/mol. The summed E-state index contributed by atoms with van der Waals surface area (Å²) in [5.74, 6) is 4.67. The van der Waals surface area contributed by atoms with Crippen LogP contribution in [0.25, 0.3) is 0 Å². The molecule has 0 saturated heterocycles. The molecule has 5 heteroatoms. The number of carbonyl (C=O) groups is 1. The minimum atomic E-state index is -0.482. The highest BCUT2D eigenvalue weighted by molar-refractivity contribution is 5.96. The minimum Gasteiger partial charge on any atom is -0.396 e. The van der Waals surface area contributed by atoms with Crippen molar-refractivity contribution in [3.05, 3.63) is 35.1 Å². The van der Waals surface area contributed by atoms with Gasteiger partial charge in [-0.3, -0.25) is 4.79 Å². The Bertz CT molecular complexity index is 520. The molecule has 0 spiro atoms. The molecule has 1 aromatic carbocycles. The minimum absolute atomic E-state index is 0.00671. The van der Waals surface area contributed by atoms with Crippen LogP contribution in [0.4, 0.5) is 4.39 Å². The summed E-state index contributed by atoms with van der Waals surface area (Å²) in [6, 6.07) is 3.93. The van der Waals surface area contributed by atoms with E-state index in [-0.39, 0.29) is 24.6 Å². The highest BCUT2D eigenvalue weighted by Crippen LogP contribution is 2.13. The van der Waals surface area contributed by atoms with Crippen LogP contribution in [-0.4, -0.2) is 42.2 Å². The van der Waals surface area contributed by atoms with Crippen molar-refractivity contribution in [2.45, 2.75) is 13.3 Å². The highest BCUT2D eigenvalue weighted by atomic mass is 19.1. The number of carbonyl (C=O) groups excluding carboxylic acids is 1. The fourth-order valence-corrected chi connectivity index (χ4v) is 1.78. The van der Waals surface area contributed by atoms with Crippen molar-refractivity contribution in [1.29, 1.82) is 0 Å². The number of rotatable bonds is 5. The number of hydrogen-bond acceptors (Lipinski definition) is 3. The van der Waals surface area contributed by atoms with Gasteiger partial charge >= 0.3 is 0 Å². The zero-order valence-electron chi connectivity index (χ0n) is 11.5. The van der Waals surface area contributed by atoms with Crippen LogP contribution < -0.4 is 5.73 Å². The Morgan fingerprint density at radius 2 is 2.25 bits per heavy atom. The molecule has 1 rings (SSSR count). The van der Waals surface area contributed by atoms with Crippen molar-refractivity contribution in [3.8, 4) is 11.8 Å². The number of benzene rings is 1. The number of halogens is 1.